The summed E-state index contributed by atoms with van der Waals surface area (Å²) >= 11 is 0. The lowest BCUT2D eigenvalue weighted by atomic mass is 9.96. The number of hydrogen-bond donors (Lipinski definition) is 2. The molecule has 1 aliphatic rings. The summed E-state index contributed by atoms with van der Waals surface area (Å²) in [5, 5.41) is 7.20. The van der Waals surface area contributed by atoms with Gasteiger partial charge in [0.05, 0.1) is 12.6 Å². The van der Waals surface area contributed by atoms with Crippen LogP contribution in [0.15, 0.2) is 0 Å². The zero-order valence-electron chi connectivity index (χ0n) is 8.42. The third-order valence-corrected chi connectivity index (χ3v) is 2.67. The van der Waals surface area contributed by atoms with Crippen molar-refractivity contribution in [2.75, 3.05) is 26.7 Å². The largest absolute Gasteiger partial charge is 0.387 e. The van der Waals surface area contributed by atoms with Crippen LogP contribution in [0.5, 0.6) is 0 Å². The first kappa shape index (κ1) is 10.5. The number of piperidine rings is 1. The molecule has 0 bridgehead atoms. The van der Waals surface area contributed by atoms with Crippen LogP contribution in [0.2, 0.25) is 0 Å². The summed E-state index contributed by atoms with van der Waals surface area (Å²) < 4.78 is 5.36. The molecule has 1 aliphatic heterocycles. The number of nitrogens with zero attached hydrogens (tertiary/aromatic N) is 1. The molecule has 0 radical (unpaired) electrons. The van der Waals surface area contributed by atoms with Gasteiger partial charge in [-0.25, -0.2) is 0 Å². The number of methoxy groups -OCH3 is 1. The predicted octanol–water partition coefficient (Wildman–Crippen LogP) is 0.279. The molecule has 13 heavy (non-hydrogen) atoms. The first-order chi connectivity index (χ1) is 6.13. The molecular formula is C9H19N3O. The number of rotatable bonds is 3. The fourth-order valence-electron chi connectivity index (χ4n) is 1.79. The van der Waals surface area contributed by atoms with E-state index in [0.717, 1.165) is 19.5 Å². The van der Waals surface area contributed by atoms with E-state index in [9.17, 15) is 0 Å². The maximum absolute atomic E-state index is 7.20. The molecule has 0 aliphatic carbocycles. The van der Waals surface area contributed by atoms with Gasteiger partial charge in [-0.15, -0.1) is 0 Å². The molecule has 4 heteroatoms. The van der Waals surface area contributed by atoms with E-state index in [-0.39, 0.29) is 5.84 Å². The molecule has 1 heterocycles. The number of nitrogens with two attached hydrogens (primary N) is 1. The Labute approximate surface area is 79.6 Å². The summed E-state index contributed by atoms with van der Waals surface area (Å²) in [6.45, 7) is 4.71. The minimum Gasteiger partial charge on any atom is -0.387 e. The van der Waals surface area contributed by atoms with Gasteiger partial charge in [-0.2, -0.15) is 0 Å². The Hall–Kier alpha value is -0.610. The summed E-state index contributed by atoms with van der Waals surface area (Å²) in [5.74, 6) is 0.859. The van der Waals surface area contributed by atoms with E-state index in [0.29, 0.717) is 18.6 Å². The standard InChI is InChI=1S/C9H19N3O/c1-7-3-4-12(6-9(10)11)5-8(7)13-2/h7-8H,3-6H2,1-2H3,(H3,10,11). The number of amidine groups is 1. The summed E-state index contributed by atoms with van der Waals surface area (Å²) in [4.78, 5) is 2.18. The highest BCUT2D eigenvalue weighted by atomic mass is 16.5. The van der Waals surface area contributed by atoms with Crippen molar-refractivity contribution in [3.05, 3.63) is 0 Å². The van der Waals surface area contributed by atoms with E-state index in [2.05, 4.69) is 11.8 Å². The van der Waals surface area contributed by atoms with Gasteiger partial charge in [0.15, 0.2) is 0 Å². The lowest BCUT2D eigenvalue weighted by Crippen LogP contribution is -2.46. The molecule has 0 aromatic heterocycles. The van der Waals surface area contributed by atoms with Crippen LogP contribution in [0.25, 0.3) is 0 Å². The Morgan fingerprint density at radius 3 is 2.92 bits per heavy atom. The second kappa shape index (κ2) is 4.58. The topological polar surface area (TPSA) is 62.3 Å². The summed E-state index contributed by atoms with van der Waals surface area (Å²) in [7, 11) is 1.75. The van der Waals surface area contributed by atoms with E-state index >= 15 is 0 Å². The van der Waals surface area contributed by atoms with Crippen LogP contribution in [-0.4, -0.2) is 43.6 Å². The molecule has 0 spiro atoms. The Morgan fingerprint density at radius 1 is 1.69 bits per heavy atom. The Balaban J connectivity index is 2.40. The molecule has 4 nitrogen and oxygen atoms in total. The van der Waals surface area contributed by atoms with Crippen molar-refractivity contribution in [1.29, 1.82) is 5.41 Å². The van der Waals surface area contributed by atoms with E-state index in [1.807, 2.05) is 0 Å². The summed E-state index contributed by atoms with van der Waals surface area (Å²) in [5.41, 5.74) is 5.35. The van der Waals surface area contributed by atoms with Gasteiger partial charge in [0.2, 0.25) is 0 Å². The van der Waals surface area contributed by atoms with Gasteiger partial charge in [0.1, 0.15) is 5.84 Å². The fraction of sp³-hybridized carbons (Fsp3) is 0.889. The van der Waals surface area contributed by atoms with Gasteiger partial charge in [-0.3, -0.25) is 10.3 Å². The molecular weight excluding hydrogens is 166 g/mol. The first-order valence-corrected chi connectivity index (χ1v) is 4.71. The molecule has 0 saturated carbocycles. The van der Waals surface area contributed by atoms with Crippen LogP contribution in [0.4, 0.5) is 0 Å². The average molecular weight is 185 g/mol. The maximum atomic E-state index is 7.20. The van der Waals surface area contributed by atoms with Crippen LogP contribution in [0.3, 0.4) is 0 Å². The highest BCUT2D eigenvalue weighted by molar-refractivity contribution is 5.78. The van der Waals surface area contributed by atoms with Gasteiger partial charge in [-0.1, -0.05) is 6.92 Å². The third-order valence-electron chi connectivity index (χ3n) is 2.67. The van der Waals surface area contributed by atoms with Gasteiger partial charge in [0.25, 0.3) is 0 Å². The Kier molecular flexibility index (Phi) is 3.69. The van der Waals surface area contributed by atoms with Crippen molar-refractivity contribution in [3.8, 4) is 0 Å². The van der Waals surface area contributed by atoms with Crippen molar-refractivity contribution in [2.45, 2.75) is 19.4 Å². The van der Waals surface area contributed by atoms with Gasteiger partial charge in [-0.05, 0) is 18.9 Å². The monoisotopic (exact) mass is 185 g/mol. The van der Waals surface area contributed by atoms with Crippen LogP contribution in [0, 0.1) is 11.3 Å². The van der Waals surface area contributed by atoms with Crippen LogP contribution in [0.1, 0.15) is 13.3 Å². The van der Waals surface area contributed by atoms with Crippen molar-refractivity contribution in [2.24, 2.45) is 11.7 Å². The first-order valence-electron chi connectivity index (χ1n) is 4.71. The van der Waals surface area contributed by atoms with E-state index < -0.39 is 0 Å². The van der Waals surface area contributed by atoms with Crippen molar-refractivity contribution in [3.63, 3.8) is 0 Å². The number of nitrogens with one attached hydrogen (secondary N) is 1. The number of ether oxygens (including phenoxy) is 1. The molecule has 0 aromatic carbocycles. The molecule has 0 amide bonds. The molecule has 2 atom stereocenters. The van der Waals surface area contributed by atoms with Crippen LogP contribution >= 0.6 is 0 Å². The highest BCUT2D eigenvalue weighted by Crippen LogP contribution is 2.18. The molecule has 76 valence electrons. The van der Waals surface area contributed by atoms with Gasteiger partial charge in [0, 0.05) is 13.7 Å². The lowest BCUT2D eigenvalue weighted by Gasteiger charge is -2.35. The maximum Gasteiger partial charge on any atom is 0.105 e. The second-order valence-electron chi connectivity index (χ2n) is 3.80. The normalized spacial score (nSPS) is 30.3. The molecule has 2 unspecified atom stereocenters. The minimum atomic E-state index is 0.240. The highest BCUT2D eigenvalue weighted by Gasteiger charge is 2.25. The third kappa shape index (κ3) is 2.97. The predicted molar refractivity (Wildman–Crippen MR) is 52.9 cm³/mol. The molecule has 3 N–H and O–H groups in total. The SMILES string of the molecule is COC1CN(CC(=N)N)CCC1C. The Bertz CT molecular complexity index is 184. The minimum absolute atomic E-state index is 0.240. The summed E-state index contributed by atoms with van der Waals surface area (Å²) in [6.07, 6.45) is 1.43. The van der Waals surface area contributed by atoms with Gasteiger partial charge >= 0.3 is 0 Å². The second-order valence-corrected chi connectivity index (χ2v) is 3.80. The smallest absolute Gasteiger partial charge is 0.105 e. The quantitative estimate of drug-likeness (QED) is 0.490. The van der Waals surface area contributed by atoms with E-state index in [4.69, 9.17) is 15.9 Å². The van der Waals surface area contributed by atoms with E-state index in [1.165, 1.54) is 0 Å². The van der Waals surface area contributed by atoms with Crippen LogP contribution < -0.4 is 5.73 Å². The van der Waals surface area contributed by atoms with Gasteiger partial charge < -0.3 is 10.5 Å². The average Bonchev–Trinajstić information content (AvgIpc) is 2.07. The van der Waals surface area contributed by atoms with Crippen molar-refractivity contribution < 1.29 is 4.74 Å². The summed E-state index contributed by atoms with van der Waals surface area (Å²) in [6, 6.07) is 0. The zero-order chi connectivity index (χ0) is 9.84. The van der Waals surface area contributed by atoms with Crippen molar-refractivity contribution in [1.82, 2.24) is 4.90 Å². The van der Waals surface area contributed by atoms with Crippen LogP contribution in [-0.2, 0) is 4.74 Å². The molecule has 1 rings (SSSR count). The molecule has 0 aromatic rings. The van der Waals surface area contributed by atoms with E-state index in [1.54, 1.807) is 7.11 Å². The fourth-order valence-corrected chi connectivity index (χ4v) is 1.79. The number of likely N-dealkylation sites (tertiary alicyclic amines) is 1. The number of hydrogen-bond acceptors (Lipinski definition) is 3. The molecule has 1 fully saturated rings. The zero-order valence-corrected chi connectivity index (χ0v) is 8.42. The Morgan fingerprint density at radius 2 is 2.38 bits per heavy atom. The molecule has 1 saturated heterocycles. The van der Waals surface area contributed by atoms with Crippen molar-refractivity contribution >= 4 is 5.84 Å². The lowest BCUT2D eigenvalue weighted by molar-refractivity contribution is -0.000163.